The summed E-state index contributed by atoms with van der Waals surface area (Å²) in [6.07, 6.45) is -0.0673. The smallest absolute Gasteiger partial charge is 0.325 e. The van der Waals surface area contributed by atoms with Crippen LogP contribution in [0.4, 0.5) is 14.9 Å². The number of rotatable bonds is 5. The number of carbonyl (C=O) groups is 3. The van der Waals surface area contributed by atoms with E-state index in [0.717, 1.165) is 15.7 Å². The lowest BCUT2D eigenvalue weighted by molar-refractivity contribution is -0.131. The van der Waals surface area contributed by atoms with Crippen molar-refractivity contribution in [3.05, 3.63) is 78.1 Å². The molecule has 3 aromatic carbocycles. The standard InChI is InChI=1S/C23H20FN3O3/c1-23(19-8-4-6-15-5-2-3-7-18(15)19)21(29)27(22(30)26-23)14-13-20(28)25-17-11-9-16(24)10-12-17/h2-12H,13-14H2,1H3,(H,25,28)(H,26,30)/t23-/m0/s1. The lowest BCUT2D eigenvalue weighted by Crippen LogP contribution is -2.41. The molecule has 1 heterocycles. The molecule has 4 amide bonds. The quantitative estimate of drug-likeness (QED) is 0.634. The molecule has 30 heavy (non-hydrogen) atoms. The Hall–Kier alpha value is -3.74. The van der Waals surface area contributed by atoms with Crippen LogP contribution in [0, 0.1) is 5.82 Å². The Morgan fingerprint density at radius 3 is 2.50 bits per heavy atom. The highest BCUT2D eigenvalue weighted by atomic mass is 19.1. The van der Waals surface area contributed by atoms with Gasteiger partial charge in [-0.2, -0.15) is 0 Å². The van der Waals surface area contributed by atoms with Gasteiger partial charge in [-0.05, 0) is 47.5 Å². The zero-order chi connectivity index (χ0) is 21.3. The molecule has 1 aliphatic rings. The maximum Gasteiger partial charge on any atom is 0.325 e. The lowest BCUT2D eigenvalue weighted by atomic mass is 9.88. The van der Waals surface area contributed by atoms with E-state index < -0.39 is 23.3 Å². The number of halogens is 1. The average Bonchev–Trinajstić information content (AvgIpc) is 2.96. The van der Waals surface area contributed by atoms with Gasteiger partial charge in [-0.1, -0.05) is 42.5 Å². The van der Waals surface area contributed by atoms with Crippen LogP contribution in [0.15, 0.2) is 66.7 Å². The topological polar surface area (TPSA) is 78.5 Å². The third-order valence-corrected chi connectivity index (χ3v) is 5.29. The second-order valence-electron chi connectivity index (χ2n) is 7.34. The second kappa shape index (κ2) is 7.59. The summed E-state index contributed by atoms with van der Waals surface area (Å²) in [5.41, 5.74) is -0.0674. The Morgan fingerprint density at radius 2 is 1.73 bits per heavy atom. The van der Waals surface area contributed by atoms with Crippen molar-refractivity contribution >= 4 is 34.3 Å². The van der Waals surface area contributed by atoms with Crippen molar-refractivity contribution in [1.29, 1.82) is 0 Å². The lowest BCUT2D eigenvalue weighted by Gasteiger charge is -2.24. The normalized spacial score (nSPS) is 18.5. The Morgan fingerprint density at radius 1 is 1.03 bits per heavy atom. The van der Waals surface area contributed by atoms with Gasteiger partial charge >= 0.3 is 6.03 Å². The summed E-state index contributed by atoms with van der Waals surface area (Å²) in [5, 5.41) is 7.26. The van der Waals surface area contributed by atoms with Crippen LogP contribution >= 0.6 is 0 Å². The van der Waals surface area contributed by atoms with Crippen LogP contribution in [0.3, 0.4) is 0 Å². The Labute approximate surface area is 172 Å². The van der Waals surface area contributed by atoms with Crippen LogP contribution in [0.25, 0.3) is 10.8 Å². The number of hydrogen-bond acceptors (Lipinski definition) is 3. The average molecular weight is 405 g/mol. The Balaban J connectivity index is 1.49. The minimum Gasteiger partial charge on any atom is -0.326 e. The summed E-state index contributed by atoms with van der Waals surface area (Å²) < 4.78 is 13.0. The Kier molecular flexibility index (Phi) is 4.95. The van der Waals surface area contributed by atoms with Gasteiger partial charge in [0, 0.05) is 18.7 Å². The maximum absolute atomic E-state index is 13.2. The van der Waals surface area contributed by atoms with Gasteiger partial charge in [0.25, 0.3) is 5.91 Å². The first-order valence-corrected chi connectivity index (χ1v) is 9.56. The van der Waals surface area contributed by atoms with Gasteiger partial charge in [-0.15, -0.1) is 0 Å². The highest BCUT2D eigenvalue weighted by molar-refractivity contribution is 6.09. The van der Waals surface area contributed by atoms with Crippen molar-refractivity contribution in [2.24, 2.45) is 0 Å². The molecular weight excluding hydrogens is 385 g/mol. The minimum atomic E-state index is -1.22. The summed E-state index contributed by atoms with van der Waals surface area (Å²) in [5.74, 6) is -1.18. The fourth-order valence-corrected chi connectivity index (χ4v) is 3.71. The molecule has 0 aliphatic carbocycles. The van der Waals surface area contributed by atoms with E-state index >= 15 is 0 Å². The van der Waals surface area contributed by atoms with E-state index in [0.29, 0.717) is 11.3 Å². The van der Waals surface area contributed by atoms with Gasteiger partial charge in [0.1, 0.15) is 11.4 Å². The van der Waals surface area contributed by atoms with Crippen LogP contribution in [0.1, 0.15) is 18.9 Å². The molecule has 0 unspecified atom stereocenters. The molecule has 3 aromatic rings. The highest BCUT2D eigenvalue weighted by Gasteiger charge is 2.49. The van der Waals surface area contributed by atoms with E-state index in [1.165, 1.54) is 24.3 Å². The predicted molar refractivity (Wildman–Crippen MR) is 111 cm³/mol. The molecule has 0 aromatic heterocycles. The van der Waals surface area contributed by atoms with Gasteiger partial charge in [0.15, 0.2) is 0 Å². The molecule has 152 valence electrons. The van der Waals surface area contributed by atoms with E-state index in [2.05, 4.69) is 10.6 Å². The third kappa shape index (κ3) is 3.50. The number of imide groups is 1. The number of anilines is 1. The number of urea groups is 1. The van der Waals surface area contributed by atoms with Crippen molar-refractivity contribution in [2.75, 3.05) is 11.9 Å². The molecule has 1 saturated heterocycles. The molecule has 1 atom stereocenters. The summed E-state index contributed by atoms with van der Waals surface area (Å²) in [7, 11) is 0. The van der Waals surface area contributed by atoms with Crippen molar-refractivity contribution < 1.29 is 18.8 Å². The summed E-state index contributed by atoms with van der Waals surface area (Å²) >= 11 is 0. The molecule has 6 nitrogen and oxygen atoms in total. The predicted octanol–water partition coefficient (Wildman–Crippen LogP) is 3.77. The third-order valence-electron chi connectivity index (χ3n) is 5.29. The van der Waals surface area contributed by atoms with Crippen molar-refractivity contribution in [3.8, 4) is 0 Å². The van der Waals surface area contributed by atoms with Gasteiger partial charge < -0.3 is 10.6 Å². The highest BCUT2D eigenvalue weighted by Crippen LogP contribution is 2.33. The van der Waals surface area contributed by atoms with E-state index in [4.69, 9.17) is 0 Å². The van der Waals surface area contributed by atoms with Gasteiger partial charge in [-0.25, -0.2) is 9.18 Å². The first-order chi connectivity index (χ1) is 14.4. The molecule has 1 fully saturated rings. The van der Waals surface area contributed by atoms with Crippen LogP contribution in [-0.4, -0.2) is 29.3 Å². The molecule has 1 aliphatic heterocycles. The molecular formula is C23H20FN3O3. The summed E-state index contributed by atoms with van der Waals surface area (Å²) in [6.45, 7) is 1.62. The number of hydrogen-bond donors (Lipinski definition) is 2. The maximum atomic E-state index is 13.2. The van der Waals surface area contributed by atoms with Crippen molar-refractivity contribution in [3.63, 3.8) is 0 Å². The fraction of sp³-hybridized carbons (Fsp3) is 0.174. The molecule has 0 radical (unpaired) electrons. The molecule has 0 saturated carbocycles. The number of nitrogens with one attached hydrogen (secondary N) is 2. The van der Waals surface area contributed by atoms with Crippen molar-refractivity contribution in [1.82, 2.24) is 10.2 Å². The summed E-state index contributed by atoms with van der Waals surface area (Å²) in [6, 6.07) is 18.1. The fourth-order valence-electron chi connectivity index (χ4n) is 3.71. The van der Waals surface area contributed by atoms with E-state index in [1.807, 2.05) is 42.5 Å². The molecule has 0 spiro atoms. The monoisotopic (exact) mass is 405 g/mol. The molecule has 0 bridgehead atoms. The van der Waals surface area contributed by atoms with E-state index in [-0.39, 0.29) is 18.9 Å². The van der Waals surface area contributed by atoms with Crippen LogP contribution in [0.2, 0.25) is 0 Å². The van der Waals surface area contributed by atoms with Crippen LogP contribution in [-0.2, 0) is 15.1 Å². The van der Waals surface area contributed by atoms with Gasteiger partial charge in [0.2, 0.25) is 5.91 Å². The zero-order valence-corrected chi connectivity index (χ0v) is 16.3. The number of amides is 4. The number of nitrogens with zero attached hydrogens (tertiary/aromatic N) is 1. The largest absolute Gasteiger partial charge is 0.326 e. The van der Waals surface area contributed by atoms with Crippen LogP contribution < -0.4 is 10.6 Å². The van der Waals surface area contributed by atoms with Crippen molar-refractivity contribution in [2.45, 2.75) is 18.9 Å². The number of carbonyl (C=O) groups excluding carboxylic acids is 3. The summed E-state index contributed by atoms with van der Waals surface area (Å²) in [4.78, 5) is 39.0. The number of benzene rings is 3. The molecule has 7 heteroatoms. The number of fused-ring (bicyclic) bond motifs is 1. The van der Waals surface area contributed by atoms with E-state index in [1.54, 1.807) is 6.92 Å². The van der Waals surface area contributed by atoms with E-state index in [9.17, 15) is 18.8 Å². The molecule has 4 rings (SSSR count). The minimum absolute atomic E-state index is 0.0575. The van der Waals surface area contributed by atoms with Crippen LogP contribution in [0.5, 0.6) is 0 Å². The molecule has 2 N–H and O–H groups in total. The first-order valence-electron chi connectivity index (χ1n) is 9.56. The SMILES string of the molecule is C[C@@]1(c2cccc3ccccc23)NC(=O)N(CCC(=O)Nc2ccc(F)cc2)C1=O. The van der Waals surface area contributed by atoms with Gasteiger partial charge in [0.05, 0.1) is 0 Å². The Bertz CT molecular complexity index is 1140. The first kappa shape index (κ1) is 19.6. The second-order valence-corrected chi connectivity index (χ2v) is 7.34. The van der Waals surface area contributed by atoms with Gasteiger partial charge in [-0.3, -0.25) is 14.5 Å². The zero-order valence-electron chi connectivity index (χ0n) is 16.3.